The second-order valence-corrected chi connectivity index (χ2v) is 7.30. The molecule has 0 aliphatic heterocycles. The number of aromatic nitrogens is 2. The van der Waals surface area contributed by atoms with Gasteiger partial charge >= 0.3 is 5.69 Å². The highest BCUT2D eigenvalue weighted by molar-refractivity contribution is 7.80. The maximum atomic E-state index is 14.0. The maximum Gasteiger partial charge on any atom is 0.330 e. The molecule has 9 heteroatoms. The van der Waals surface area contributed by atoms with Crippen LogP contribution >= 0.6 is 12.2 Å². The average Bonchev–Trinajstić information content (AvgIpc) is 2.62. The molecule has 0 atom stereocenters. The molecule has 0 bridgehead atoms. The number of unbranched alkanes of at least 4 members (excludes halogenated alkanes) is 1. The fourth-order valence-corrected chi connectivity index (χ4v) is 3.04. The smallest absolute Gasteiger partial charge is 0.330 e. The minimum Gasteiger partial charge on any atom is -0.383 e. The number of nitrogens with two attached hydrogens (primary N) is 1. The van der Waals surface area contributed by atoms with Gasteiger partial charge in [-0.05, 0) is 36.7 Å². The number of nitrogen functional groups attached to an aromatic ring is 1. The van der Waals surface area contributed by atoms with E-state index in [2.05, 4.69) is 10.3 Å². The van der Waals surface area contributed by atoms with E-state index in [9.17, 15) is 14.0 Å². The summed E-state index contributed by atoms with van der Waals surface area (Å²) in [6.07, 6.45) is 1.60. The fraction of sp³-hybridized carbons (Fsp3) is 0.421. The number of H-pyrrole nitrogens is 1. The molecule has 1 aromatic heterocycles. The molecule has 152 valence electrons. The summed E-state index contributed by atoms with van der Waals surface area (Å²) >= 11 is 5.45. The number of thiocarbonyl (C=S) groups is 1. The van der Waals surface area contributed by atoms with Crippen molar-refractivity contribution in [2.75, 3.05) is 22.5 Å². The Hall–Kier alpha value is -2.68. The zero-order valence-electron chi connectivity index (χ0n) is 16.3. The van der Waals surface area contributed by atoms with Crippen molar-refractivity contribution in [1.29, 1.82) is 0 Å². The topological polar surface area (TPSA) is 96.2 Å². The van der Waals surface area contributed by atoms with Gasteiger partial charge in [0.05, 0.1) is 5.69 Å². The lowest BCUT2D eigenvalue weighted by molar-refractivity contribution is 0.601. The minimum atomic E-state index is -0.631. The molecule has 0 radical (unpaired) electrons. The van der Waals surface area contributed by atoms with Gasteiger partial charge in [0.25, 0.3) is 5.56 Å². The van der Waals surface area contributed by atoms with E-state index in [1.165, 1.54) is 15.5 Å². The van der Waals surface area contributed by atoms with E-state index in [1.54, 1.807) is 18.2 Å². The number of benzene rings is 1. The van der Waals surface area contributed by atoms with Crippen LogP contribution in [0.25, 0.3) is 0 Å². The molecule has 28 heavy (non-hydrogen) atoms. The molecule has 0 aliphatic carbocycles. The summed E-state index contributed by atoms with van der Waals surface area (Å²) in [6, 6.07) is 6.10. The number of hydrogen-bond donors (Lipinski definition) is 3. The van der Waals surface area contributed by atoms with Crippen molar-refractivity contribution in [1.82, 2.24) is 9.55 Å². The normalized spacial score (nSPS) is 10.9. The molecule has 0 unspecified atom stereocenters. The van der Waals surface area contributed by atoms with Crippen molar-refractivity contribution in [2.45, 2.75) is 40.2 Å². The highest BCUT2D eigenvalue weighted by Gasteiger charge is 2.23. The first-order valence-corrected chi connectivity index (χ1v) is 9.62. The van der Waals surface area contributed by atoms with Crippen LogP contribution in [0.1, 0.15) is 33.6 Å². The van der Waals surface area contributed by atoms with Crippen molar-refractivity contribution < 1.29 is 4.39 Å². The summed E-state index contributed by atoms with van der Waals surface area (Å²) in [7, 11) is 0. The molecule has 4 N–H and O–H groups in total. The van der Waals surface area contributed by atoms with Gasteiger partial charge in [-0.25, -0.2) is 9.18 Å². The molecular weight excluding hydrogens is 381 g/mol. The van der Waals surface area contributed by atoms with Crippen molar-refractivity contribution in [3.05, 3.63) is 50.9 Å². The number of anilines is 3. The lowest BCUT2D eigenvalue weighted by Gasteiger charge is -2.28. The first-order chi connectivity index (χ1) is 13.3. The van der Waals surface area contributed by atoms with Crippen molar-refractivity contribution in [3.63, 3.8) is 0 Å². The van der Waals surface area contributed by atoms with Crippen LogP contribution in [0.5, 0.6) is 0 Å². The van der Waals surface area contributed by atoms with E-state index in [0.717, 1.165) is 12.8 Å². The molecule has 7 nitrogen and oxygen atoms in total. The monoisotopic (exact) mass is 407 g/mol. The van der Waals surface area contributed by atoms with Crippen LogP contribution in [-0.4, -0.2) is 21.2 Å². The number of nitrogens with one attached hydrogen (secondary N) is 2. The average molecular weight is 408 g/mol. The quantitative estimate of drug-likeness (QED) is 0.611. The zero-order chi connectivity index (χ0) is 20.8. The van der Waals surface area contributed by atoms with Crippen LogP contribution in [0.4, 0.5) is 21.6 Å². The van der Waals surface area contributed by atoms with Crippen molar-refractivity contribution in [2.24, 2.45) is 5.92 Å². The Kier molecular flexibility index (Phi) is 7.33. The zero-order valence-corrected chi connectivity index (χ0v) is 17.1. The summed E-state index contributed by atoms with van der Waals surface area (Å²) in [6.45, 7) is 6.65. The molecule has 0 aliphatic rings. The molecule has 1 aromatic carbocycles. The molecule has 0 amide bonds. The lowest BCUT2D eigenvalue weighted by atomic mass is 10.2. The van der Waals surface area contributed by atoms with Crippen LogP contribution < -0.4 is 27.2 Å². The van der Waals surface area contributed by atoms with Gasteiger partial charge in [0.2, 0.25) is 0 Å². The summed E-state index contributed by atoms with van der Waals surface area (Å²) in [5.74, 6) is -0.306. The second kappa shape index (κ2) is 9.50. The van der Waals surface area contributed by atoms with E-state index in [1.807, 2.05) is 20.8 Å². The highest BCUT2D eigenvalue weighted by atomic mass is 32.1. The molecule has 0 saturated carbocycles. The van der Waals surface area contributed by atoms with E-state index >= 15 is 0 Å². The standard InChI is InChI=1S/C19H26FN5O2S/c1-4-5-10-24-16(21)15(17(26)23-18(24)27)25(11-12(2)3)19(28)22-14-9-7-6-8-13(14)20/h6-9,12H,4-5,10-11,21H2,1-3H3,(H,22,28)(H,23,26,27). The number of hydrogen-bond acceptors (Lipinski definition) is 4. The Morgan fingerprint density at radius 2 is 2.04 bits per heavy atom. The van der Waals surface area contributed by atoms with E-state index in [-0.39, 0.29) is 28.2 Å². The number of rotatable bonds is 7. The van der Waals surface area contributed by atoms with Gasteiger partial charge in [-0.1, -0.05) is 39.3 Å². The Balaban J connectivity index is 2.50. The number of nitrogens with zero attached hydrogens (tertiary/aromatic N) is 2. The molecule has 0 saturated heterocycles. The third kappa shape index (κ3) is 4.98. The van der Waals surface area contributed by atoms with Crippen LogP contribution in [0.15, 0.2) is 33.9 Å². The van der Waals surface area contributed by atoms with Gasteiger partial charge in [-0.3, -0.25) is 14.3 Å². The largest absolute Gasteiger partial charge is 0.383 e. The predicted octanol–water partition coefficient (Wildman–Crippen LogP) is 2.92. The van der Waals surface area contributed by atoms with Crippen molar-refractivity contribution in [3.8, 4) is 0 Å². The number of para-hydroxylation sites is 1. The lowest BCUT2D eigenvalue weighted by Crippen LogP contribution is -2.44. The van der Waals surface area contributed by atoms with Crippen LogP contribution in [-0.2, 0) is 6.54 Å². The summed E-state index contributed by atoms with van der Waals surface area (Å²) in [5, 5.41) is 2.95. The van der Waals surface area contributed by atoms with Gasteiger partial charge in [0.1, 0.15) is 11.6 Å². The van der Waals surface area contributed by atoms with Gasteiger partial charge in [0.15, 0.2) is 10.8 Å². The molecule has 2 rings (SSSR count). The highest BCUT2D eigenvalue weighted by Crippen LogP contribution is 2.21. The Morgan fingerprint density at radius 1 is 1.36 bits per heavy atom. The molecule has 1 heterocycles. The van der Waals surface area contributed by atoms with Gasteiger partial charge in [-0.2, -0.15) is 0 Å². The number of aromatic amines is 1. The third-order valence-corrected chi connectivity index (χ3v) is 4.45. The van der Waals surface area contributed by atoms with Gasteiger partial charge in [-0.15, -0.1) is 0 Å². The Morgan fingerprint density at radius 3 is 2.64 bits per heavy atom. The SMILES string of the molecule is CCCCn1c(N)c(N(CC(C)C)C(=S)Nc2ccccc2F)c(=O)[nH]c1=O. The predicted molar refractivity (Wildman–Crippen MR) is 115 cm³/mol. The Bertz CT molecular complexity index is 954. The van der Waals surface area contributed by atoms with Crippen LogP contribution in [0.3, 0.4) is 0 Å². The maximum absolute atomic E-state index is 14.0. The fourth-order valence-electron chi connectivity index (χ4n) is 2.76. The minimum absolute atomic E-state index is 0.0422. The van der Waals surface area contributed by atoms with Gasteiger partial charge in [0, 0.05) is 13.1 Å². The van der Waals surface area contributed by atoms with Gasteiger partial charge < -0.3 is 16.0 Å². The molecule has 2 aromatic rings. The third-order valence-electron chi connectivity index (χ3n) is 4.13. The van der Waals surface area contributed by atoms with Crippen LogP contribution in [0.2, 0.25) is 0 Å². The first-order valence-electron chi connectivity index (χ1n) is 9.21. The summed E-state index contributed by atoms with van der Waals surface area (Å²) in [5.41, 5.74) is 5.29. The number of halogens is 1. The molecule has 0 spiro atoms. The molecule has 0 fully saturated rings. The van der Waals surface area contributed by atoms with Crippen LogP contribution in [0, 0.1) is 11.7 Å². The Labute approximate surface area is 168 Å². The van der Waals surface area contributed by atoms with E-state index in [4.69, 9.17) is 18.0 Å². The first kappa shape index (κ1) is 21.6. The van der Waals surface area contributed by atoms with Crippen molar-refractivity contribution >= 4 is 34.5 Å². The summed E-state index contributed by atoms with van der Waals surface area (Å²) < 4.78 is 15.3. The van der Waals surface area contributed by atoms with E-state index in [0.29, 0.717) is 13.1 Å². The molecular formula is C19H26FN5O2S. The van der Waals surface area contributed by atoms with E-state index < -0.39 is 17.1 Å². The second-order valence-electron chi connectivity index (χ2n) is 6.91. The summed E-state index contributed by atoms with van der Waals surface area (Å²) in [4.78, 5) is 28.6.